The summed E-state index contributed by atoms with van der Waals surface area (Å²) >= 11 is 0. The monoisotopic (exact) mass is 293 g/mol. The number of nitro benzene ring substituents is 1. The normalized spacial score (nSPS) is 10.6. The molecule has 0 saturated carbocycles. The van der Waals surface area contributed by atoms with Gasteiger partial charge < -0.3 is 4.90 Å². The Morgan fingerprint density at radius 2 is 1.82 bits per heavy atom. The van der Waals surface area contributed by atoms with Crippen LogP contribution in [-0.4, -0.2) is 17.0 Å². The summed E-state index contributed by atoms with van der Waals surface area (Å²) in [6, 6.07) is 15.2. The summed E-state index contributed by atoms with van der Waals surface area (Å²) in [4.78, 5) is 17.1. The van der Waals surface area contributed by atoms with Gasteiger partial charge in [-0.15, -0.1) is 0 Å². The molecule has 0 bridgehead atoms. The highest BCUT2D eigenvalue weighted by Gasteiger charge is 2.17. The number of anilines is 2. The maximum Gasteiger partial charge on any atom is 0.274 e. The summed E-state index contributed by atoms with van der Waals surface area (Å²) in [5.41, 5.74) is 3.36. The van der Waals surface area contributed by atoms with Gasteiger partial charge in [-0.1, -0.05) is 18.2 Å². The number of pyridine rings is 1. The first-order chi connectivity index (χ1) is 10.6. The van der Waals surface area contributed by atoms with Crippen molar-refractivity contribution in [1.82, 2.24) is 4.98 Å². The van der Waals surface area contributed by atoms with Gasteiger partial charge in [0.05, 0.1) is 21.7 Å². The van der Waals surface area contributed by atoms with Gasteiger partial charge in [0.2, 0.25) is 0 Å². The minimum atomic E-state index is -0.371. The van der Waals surface area contributed by atoms with Crippen molar-refractivity contribution in [2.45, 2.75) is 6.92 Å². The molecule has 0 saturated heterocycles. The lowest BCUT2D eigenvalue weighted by molar-refractivity contribution is -0.385. The summed E-state index contributed by atoms with van der Waals surface area (Å²) in [7, 11) is 1.97. The van der Waals surface area contributed by atoms with Crippen molar-refractivity contribution in [3.05, 3.63) is 70.4 Å². The summed E-state index contributed by atoms with van der Waals surface area (Å²) in [6.45, 7) is 1.74. The summed E-state index contributed by atoms with van der Waals surface area (Å²) in [6.07, 6.45) is 1.69. The first-order valence-electron chi connectivity index (χ1n) is 6.91. The van der Waals surface area contributed by atoms with Crippen molar-refractivity contribution in [1.29, 1.82) is 0 Å². The molecular formula is C17H15N3O2. The second-order valence-corrected chi connectivity index (χ2v) is 5.09. The molecular weight excluding hydrogens is 278 g/mol. The molecule has 0 unspecified atom stereocenters. The Morgan fingerprint density at radius 1 is 1.09 bits per heavy atom. The van der Waals surface area contributed by atoms with Crippen LogP contribution in [0.5, 0.6) is 0 Å². The van der Waals surface area contributed by atoms with Crippen molar-refractivity contribution in [3.8, 4) is 0 Å². The fraction of sp³-hybridized carbons (Fsp3) is 0.118. The highest BCUT2D eigenvalue weighted by molar-refractivity contribution is 5.96. The van der Waals surface area contributed by atoms with Crippen molar-refractivity contribution < 1.29 is 4.92 Å². The third-order valence-electron chi connectivity index (χ3n) is 3.82. The average Bonchev–Trinajstić information content (AvgIpc) is 2.54. The number of para-hydroxylation sites is 1. The zero-order chi connectivity index (χ0) is 15.7. The summed E-state index contributed by atoms with van der Waals surface area (Å²) in [5.74, 6) is 0. The van der Waals surface area contributed by atoms with Gasteiger partial charge in [-0.25, -0.2) is 0 Å². The van der Waals surface area contributed by atoms with E-state index in [1.54, 1.807) is 25.3 Å². The first kappa shape index (κ1) is 14.0. The Bertz CT molecular complexity index is 847. The molecule has 0 spiro atoms. The molecule has 3 rings (SSSR count). The predicted octanol–water partition coefficient (Wildman–Crippen LogP) is 4.22. The molecule has 0 amide bonds. The number of hydrogen-bond donors (Lipinski definition) is 0. The second-order valence-electron chi connectivity index (χ2n) is 5.09. The van der Waals surface area contributed by atoms with Gasteiger partial charge in [-0.2, -0.15) is 0 Å². The predicted molar refractivity (Wildman–Crippen MR) is 87.6 cm³/mol. The third-order valence-corrected chi connectivity index (χ3v) is 3.82. The topological polar surface area (TPSA) is 59.3 Å². The van der Waals surface area contributed by atoms with Crippen LogP contribution in [0.2, 0.25) is 0 Å². The lowest BCUT2D eigenvalue weighted by Gasteiger charge is -2.21. The Morgan fingerprint density at radius 3 is 2.50 bits per heavy atom. The molecule has 1 heterocycles. The van der Waals surface area contributed by atoms with Gasteiger partial charge in [0, 0.05) is 30.4 Å². The molecule has 3 aromatic rings. The van der Waals surface area contributed by atoms with E-state index in [1.165, 1.54) is 0 Å². The molecule has 2 aromatic carbocycles. The molecule has 5 heteroatoms. The van der Waals surface area contributed by atoms with Crippen molar-refractivity contribution in [2.24, 2.45) is 0 Å². The van der Waals surface area contributed by atoms with E-state index in [0.717, 1.165) is 16.8 Å². The number of nitro groups is 1. The Balaban J connectivity index is 2.20. The molecule has 5 nitrogen and oxygen atoms in total. The third kappa shape index (κ3) is 2.26. The quantitative estimate of drug-likeness (QED) is 0.536. The average molecular weight is 293 g/mol. The van der Waals surface area contributed by atoms with Crippen LogP contribution in [0.25, 0.3) is 10.9 Å². The van der Waals surface area contributed by atoms with Crippen LogP contribution in [0.4, 0.5) is 17.1 Å². The van der Waals surface area contributed by atoms with Crippen LogP contribution >= 0.6 is 0 Å². The smallest absolute Gasteiger partial charge is 0.274 e. The molecule has 0 N–H and O–H groups in total. The van der Waals surface area contributed by atoms with Crippen LogP contribution in [0.15, 0.2) is 54.7 Å². The van der Waals surface area contributed by atoms with Crippen molar-refractivity contribution >= 4 is 28.0 Å². The largest absolute Gasteiger partial charge is 0.344 e. The van der Waals surface area contributed by atoms with Gasteiger partial charge in [0.25, 0.3) is 5.69 Å². The fourth-order valence-electron chi connectivity index (χ4n) is 2.62. The van der Waals surface area contributed by atoms with Crippen LogP contribution in [0, 0.1) is 17.0 Å². The van der Waals surface area contributed by atoms with E-state index < -0.39 is 0 Å². The summed E-state index contributed by atoms with van der Waals surface area (Å²) in [5, 5.41) is 12.0. The van der Waals surface area contributed by atoms with Crippen LogP contribution in [-0.2, 0) is 0 Å². The van der Waals surface area contributed by atoms with Crippen LogP contribution in [0.3, 0.4) is 0 Å². The molecule has 0 radical (unpaired) electrons. The molecule has 0 aliphatic rings. The van der Waals surface area contributed by atoms with E-state index in [9.17, 15) is 10.1 Å². The van der Waals surface area contributed by atoms with E-state index in [4.69, 9.17) is 0 Å². The number of aryl methyl sites for hydroxylation is 1. The van der Waals surface area contributed by atoms with Gasteiger partial charge in [-0.05, 0) is 31.2 Å². The molecule has 110 valence electrons. The lowest BCUT2D eigenvalue weighted by Crippen LogP contribution is -2.10. The SMILES string of the molecule is Cc1c([N+](=O)[O-])ccc2c(N(C)c3ccccc3)ccnc12. The molecule has 0 aliphatic heterocycles. The molecule has 1 aromatic heterocycles. The Kier molecular flexibility index (Phi) is 3.47. The van der Waals surface area contributed by atoms with Gasteiger partial charge in [-0.3, -0.25) is 15.1 Å². The Labute approximate surface area is 128 Å². The van der Waals surface area contributed by atoms with Gasteiger partial charge >= 0.3 is 0 Å². The highest BCUT2D eigenvalue weighted by Crippen LogP contribution is 2.34. The second kappa shape index (κ2) is 5.44. The standard InChI is InChI=1S/C17H15N3O2/c1-12-15(20(21)22)9-8-14-16(10-11-18-17(12)14)19(2)13-6-4-3-5-7-13/h3-11H,1-2H3. The summed E-state index contributed by atoms with van der Waals surface area (Å²) < 4.78 is 0. The van der Waals surface area contributed by atoms with E-state index in [-0.39, 0.29) is 10.6 Å². The van der Waals surface area contributed by atoms with Gasteiger partial charge in [0.1, 0.15) is 0 Å². The minimum absolute atomic E-state index is 0.0968. The van der Waals surface area contributed by atoms with Gasteiger partial charge in [0.15, 0.2) is 0 Å². The maximum absolute atomic E-state index is 11.1. The van der Waals surface area contributed by atoms with E-state index in [0.29, 0.717) is 11.1 Å². The number of rotatable bonds is 3. The number of aromatic nitrogens is 1. The van der Waals surface area contributed by atoms with E-state index in [2.05, 4.69) is 9.88 Å². The van der Waals surface area contributed by atoms with Crippen molar-refractivity contribution in [3.63, 3.8) is 0 Å². The van der Waals surface area contributed by atoms with E-state index >= 15 is 0 Å². The van der Waals surface area contributed by atoms with E-state index in [1.807, 2.05) is 43.4 Å². The highest BCUT2D eigenvalue weighted by atomic mass is 16.6. The van der Waals surface area contributed by atoms with Crippen molar-refractivity contribution in [2.75, 3.05) is 11.9 Å². The molecule has 0 atom stereocenters. The maximum atomic E-state index is 11.1. The molecule has 0 aliphatic carbocycles. The minimum Gasteiger partial charge on any atom is -0.344 e. The molecule has 22 heavy (non-hydrogen) atoms. The lowest BCUT2D eigenvalue weighted by atomic mass is 10.1. The first-order valence-corrected chi connectivity index (χ1v) is 6.91. The number of benzene rings is 2. The van der Waals surface area contributed by atoms with Crippen LogP contribution < -0.4 is 4.90 Å². The number of hydrogen-bond acceptors (Lipinski definition) is 4. The molecule has 0 fully saturated rings. The Hall–Kier alpha value is -2.95. The number of fused-ring (bicyclic) bond motifs is 1. The zero-order valence-electron chi connectivity index (χ0n) is 12.4. The zero-order valence-corrected chi connectivity index (χ0v) is 12.4. The van der Waals surface area contributed by atoms with Crippen LogP contribution in [0.1, 0.15) is 5.56 Å². The fourth-order valence-corrected chi connectivity index (χ4v) is 2.62. The number of nitrogens with zero attached hydrogens (tertiary/aromatic N) is 3.